The zero-order valence-electron chi connectivity index (χ0n) is 13.8. The molecule has 5 nitrogen and oxygen atoms in total. The molecule has 1 atom stereocenters. The van der Waals surface area contributed by atoms with Gasteiger partial charge in [-0.05, 0) is 32.1 Å². The van der Waals surface area contributed by atoms with Gasteiger partial charge in [-0.15, -0.1) is 0 Å². The second-order valence-electron chi connectivity index (χ2n) is 6.43. The van der Waals surface area contributed by atoms with E-state index in [0.29, 0.717) is 6.42 Å². The first-order chi connectivity index (χ1) is 11.2. The largest absolute Gasteiger partial charge is 0.356 e. The van der Waals surface area contributed by atoms with Gasteiger partial charge in [0.25, 0.3) is 5.56 Å². The van der Waals surface area contributed by atoms with Crippen molar-refractivity contribution in [1.82, 2.24) is 14.9 Å². The van der Waals surface area contributed by atoms with Crippen molar-refractivity contribution in [3.63, 3.8) is 0 Å². The first kappa shape index (κ1) is 16.6. The fourth-order valence-corrected chi connectivity index (χ4v) is 4.51. The monoisotopic (exact) mass is 335 g/mol. The van der Waals surface area contributed by atoms with E-state index in [1.807, 2.05) is 0 Å². The standard InChI is InChI=1S/C17H25N3O2S/c1-2-3-6-9-18-15(21)10-12-11-23-17-19-14-8-5-4-7-13(14)16(22)20(12)17/h12H,2-11H2,1H3,(H,18,21). The molecule has 1 aliphatic carbocycles. The zero-order valence-corrected chi connectivity index (χ0v) is 14.6. The van der Waals surface area contributed by atoms with E-state index >= 15 is 0 Å². The highest BCUT2D eigenvalue weighted by atomic mass is 32.2. The molecule has 126 valence electrons. The van der Waals surface area contributed by atoms with Crippen molar-refractivity contribution in [3.8, 4) is 0 Å². The Balaban J connectivity index is 1.69. The maximum atomic E-state index is 12.8. The number of hydrogen-bond donors (Lipinski definition) is 1. The van der Waals surface area contributed by atoms with E-state index in [9.17, 15) is 9.59 Å². The molecule has 1 amide bonds. The third-order valence-corrected chi connectivity index (χ3v) is 5.74. The molecule has 2 heterocycles. The van der Waals surface area contributed by atoms with Crippen LogP contribution in [0.15, 0.2) is 9.95 Å². The summed E-state index contributed by atoms with van der Waals surface area (Å²) >= 11 is 1.61. The van der Waals surface area contributed by atoms with E-state index in [1.165, 1.54) is 0 Å². The number of aryl methyl sites for hydroxylation is 1. The molecular formula is C17H25N3O2S. The molecule has 0 spiro atoms. The molecular weight excluding hydrogens is 310 g/mol. The molecule has 1 aromatic rings. The van der Waals surface area contributed by atoms with Crippen LogP contribution in [-0.4, -0.2) is 27.8 Å². The summed E-state index contributed by atoms with van der Waals surface area (Å²) in [5.41, 5.74) is 1.97. The Morgan fingerprint density at radius 2 is 2.17 bits per heavy atom. The second kappa shape index (κ2) is 7.51. The van der Waals surface area contributed by atoms with Gasteiger partial charge in [-0.1, -0.05) is 31.5 Å². The fourth-order valence-electron chi connectivity index (χ4n) is 3.35. The lowest BCUT2D eigenvalue weighted by atomic mass is 9.97. The number of nitrogens with zero attached hydrogens (tertiary/aromatic N) is 2. The first-order valence-corrected chi connectivity index (χ1v) is 9.73. The molecule has 23 heavy (non-hydrogen) atoms. The van der Waals surface area contributed by atoms with E-state index in [4.69, 9.17) is 4.98 Å². The van der Waals surface area contributed by atoms with Gasteiger partial charge in [0.1, 0.15) is 0 Å². The predicted molar refractivity (Wildman–Crippen MR) is 92.1 cm³/mol. The number of amides is 1. The topological polar surface area (TPSA) is 64.0 Å². The number of aromatic nitrogens is 2. The van der Waals surface area contributed by atoms with Gasteiger partial charge in [0.05, 0.1) is 11.7 Å². The van der Waals surface area contributed by atoms with E-state index in [0.717, 1.165) is 73.7 Å². The van der Waals surface area contributed by atoms with Crippen LogP contribution in [0.3, 0.4) is 0 Å². The van der Waals surface area contributed by atoms with Crippen LogP contribution in [0.2, 0.25) is 0 Å². The Morgan fingerprint density at radius 1 is 1.35 bits per heavy atom. The average Bonchev–Trinajstić information content (AvgIpc) is 2.95. The number of thioether (sulfide) groups is 1. The number of nitrogens with one attached hydrogen (secondary N) is 1. The van der Waals surface area contributed by atoms with Crippen LogP contribution < -0.4 is 10.9 Å². The van der Waals surface area contributed by atoms with E-state index < -0.39 is 0 Å². The number of fused-ring (bicyclic) bond motifs is 2. The Kier molecular flexibility index (Phi) is 5.41. The van der Waals surface area contributed by atoms with Crippen molar-refractivity contribution in [3.05, 3.63) is 21.6 Å². The van der Waals surface area contributed by atoms with Gasteiger partial charge in [0.2, 0.25) is 5.91 Å². The predicted octanol–water partition coefficient (Wildman–Crippen LogP) is 2.47. The SMILES string of the molecule is CCCCCNC(=O)CC1CSc2nc3c(c(=O)n21)CCCC3. The zero-order chi connectivity index (χ0) is 16.2. The minimum Gasteiger partial charge on any atom is -0.356 e. The lowest BCUT2D eigenvalue weighted by Gasteiger charge is -2.18. The summed E-state index contributed by atoms with van der Waals surface area (Å²) in [4.78, 5) is 29.6. The third-order valence-electron chi connectivity index (χ3n) is 4.65. The molecule has 2 aliphatic rings. The molecule has 1 unspecified atom stereocenters. The molecule has 6 heteroatoms. The van der Waals surface area contributed by atoms with Crippen LogP contribution in [0.4, 0.5) is 0 Å². The number of rotatable bonds is 6. The van der Waals surface area contributed by atoms with Crippen LogP contribution in [0, 0.1) is 0 Å². The van der Waals surface area contributed by atoms with Gasteiger partial charge in [0, 0.05) is 24.3 Å². The molecule has 0 saturated heterocycles. The minimum atomic E-state index is -0.0478. The number of carbonyl (C=O) groups excluding carboxylic acids is 1. The molecule has 1 aliphatic heterocycles. The maximum absolute atomic E-state index is 12.8. The van der Waals surface area contributed by atoms with E-state index in [1.54, 1.807) is 16.3 Å². The Labute approximate surface area is 141 Å². The first-order valence-electron chi connectivity index (χ1n) is 8.74. The van der Waals surface area contributed by atoms with E-state index in [-0.39, 0.29) is 17.5 Å². The van der Waals surface area contributed by atoms with Crippen molar-refractivity contribution >= 4 is 17.7 Å². The molecule has 3 rings (SSSR count). The molecule has 0 radical (unpaired) electrons. The Morgan fingerprint density at radius 3 is 3.00 bits per heavy atom. The van der Waals surface area contributed by atoms with Gasteiger partial charge >= 0.3 is 0 Å². The molecule has 0 fully saturated rings. The van der Waals surface area contributed by atoms with Crippen molar-refractivity contribution in [2.24, 2.45) is 0 Å². The van der Waals surface area contributed by atoms with Gasteiger partial charge in [0.15, 0.2) is 5.16 Å². The number of hydrogen-bond acceptors (Lipinski definition) is 4. The van der Waals surface area contributed by atoms with Crippen molar-refractivity contribution < 1.29 is 4.79 Å². The van der Waals surface area contributed by atoms with Crippen LogP contribution in [-0.2, 0) is 17.6 Å². The summed E-state index contributed by atoms with van der Waals surface area (Å²) in [5, 5.41) is 3.78. The second-order valence-corrected chi connectivity index (χ2v) is 7.42. The summed E-state index contributed by atoms with van der Waals surface area (Å²) in [7, 11) is 0. The number of carbonyl (C=O) groups is 1. The van der Waals surface area contributed by atoms with Crippen LogP contribution >= 0.6 is 11.8 Å². The summed E-state index contributed by atoms with van der Waals surface area (Å²) in [5.74, 6) is 0.817. The molecule has 1 aromatic heterocycles. The average molecular weight is 335 g/mol. The normalized spacial score (nSPS) is 19.3. The lowest BCUT2D eigenvalue weighted by molar-refractivity contribution is -0.121. The highest BCUT2D eigenvalue weighted by Crippen LogP contribution is 2.33. The minimum absolute atomic E-state index is 0.0455. The van der Waals surface area contributed by atoms with Gasteiger partial charge in [-0.25, -0.2) is 4.98 Å². The van der Waals surface area contributed by atoms with Crippen LogP contribution in [0.1, 0.15) is 62.7 Å². The van der Waals surface area contributed by atoms with Gasteiger partial charge in [-0.2, -0.15) is 0 Å². The quantitative estimate of drug-likeness (QED) is 0.641. The van der Waals surface area contributed by atoms with Gasteiger partial charge < -0.3 is 5.32 Å². The number of unbranched alkanes of at least 4 members (excludes halogenated alkanes) is 2. The smallest absolute Gasteiger partial charge is 0.257 e. The van der Waals surface area contributed by atoms with Gasteiger partial charge in [-0.3, -0.25) is 14.2 Å². The fraction of sp³-hybridized carbons (Fsp3) is 0.706. The highest BCUT2D eigenvalue weighted by Gasteiger charge is 2.30. The highest BCUT2D eigenvalue weighted by molar-refractivity contribution is 7.99. The lowest BCUT2D eigenvalue weighted by Crippen LogP contribution is -2.34. The molecule has 0 aromatic carbocycles. The third kappa shape index (κ3) is 3.62. The molecule has 1 N–H and O–H groups in total. The van der Waals surface area contributed by atoms with Crippen molar-refractivity contribution in [2.75, 3.05) is 12.3 Å². The summed E-state index contributed by atoms with van der Waals surface area (Å²) < 4.78 is 1.78. The Hall–Kier alpha value is -1.30. The molecule has 0 bridgehead atoms. The maximum Gasteiger partial charge on any atom is 0.257 e. The van der Waals surface area contributed by atoms with Crippen molar-refractivity contribution in [1.29, 1.82) is 0 Å². The van der Waals surface area contributed by atoms with Crippen LogP contribution in [0.25, 0.3) is 0 Å². The molecule has 0 saturated carbocycles. The summed E-state index contributed by atoms with van der Waals surface area (Å²) in [6.07, 6.45) is 7.63. The van der Waals surface area contributed by atoms with Crippen LogP contribution in [0.5, 0.6) is 0 Å². The van der Waals surface area contributed by atoms with E-state index in [2.05, 4.69) is 12.2 Å². The van der Waals surface area contributed by atoms with Crippen molar-refractivity contribution in [2.45, 2.75) is 69.5 Å². The summed E-state index contributed by atoms with van der Waals surface area (Å²) in [6.45, 7) is 2.88. The Bertz CT molecular complexity index is 641. The summed E-state index contributed by atoms with van der Waals surface area (Å²) in [6, 6.07) is -0.0478.